The number of nitrogens with zero attached hydrogens (tertiary/aromatic N) is 1. The minimum Gasteiger partial charge on any atom is -0.461 e. The predicted molar refractivity (Wildman–Crippen MR) is 84.8 cm³/mol. The number of carbonyl (C=O) groups is 1. The minimum atomic E-state index is -0.333. The van der Waals surface area contributed by atoms with Crippen LogP contribution in [0.25, 0.3) is 9.88 Å². The van der Waals surface area contributed by atoms with E-state index in [1.165, 1.54) is 4.88 Å². The van der Waals surface area contributed by atoms with Crippen LogP contribution in [0.4, 0.5) is 0 Å². The van der Waals surface area contributed by atoms with Gasteiger partial charge in [-0.3, -0.25) is 0 Å². The Kier molecular flexibility index (Phi) is 4.30. The number of carbonyl (C=O) groups excluding carboxylic acids is 1. The lowest BCUT2D eigenvalue weighted by Gasteiger charge is -2.15. The molecule has 108 valence electrons. The minimum absolute atomic E-state index is 0.138. The standard InChI is InChI=1S/C15H19NO2S2/c1-6-18-14(17)12-9(2)19-13(16-12)10-7-8-11(20-10)15(3,4)5/h7-8H,6H2,1-5H3. The second-order valence-corrected chi connectivity index (χ2v) is 7.85. The Balaban J connectivity index is 2.33. The van der Waals surface area contributed by atoms with Gasteiger partial charge >= 0.3 is 5.97 Å². The third-order valence-corrected chi connectivity index (χ3v) is 5.47. The van der Waals surface area contributed by atoms with Gasteiger partial charge in [-0.05, 0) is 31.4 Å². The maximum absolute atomic E-state index is 11.8. The summed E-state index contributed by atoms with van der Waals surface area (Å²) in [5, 5.41) is 0.894. The number of esters is 1. The van der Waals surface area contributed by atoms with Gasteiger partial charge in [0.25, 0.3) is 0 Å². The van der Waals surface area contributed by atoms with Gasteiger partial charge in [0.2, 0.25) is 0 Å². The normalized spacial score (nSPS) is 11.7. The van der Waals surface area contributed by atoms with Crippen LogP contribution in [-0.2, 0) is 10.2 Å². The Morgan fingerprint density at radius 2 is 2.00 bits per heavy atom. The van der Waals surface area contributed by atoms with Gasteiger partial charge in [-0.15, -0.1) is 22.7 Å². The van der Waals surface area contributed by atoms with Gasteiger partial charge in [0, 0.05) is 9.75 Å². The summed E-state index contributed by atoms with van der Waals surface area (Å²) >= 11 is 3.28. The third-order valence-electron chi connectivity index (χ3n) is 2.82. The molecule has 0 atom stereocenters. The Morgan fingerprint density at radius 3 is 2.55 bits per heavy atom. The maximum Gasteiger partial charge on any atom is 0.358 e. The number of aryl methyl sites for hydroxylation is 1. The van der Waals surface area contributed by atoms with E-state index in [0.717, 1.165) is 14.8 Å². The zero-order valence-electron chi connectivity index (χ0n) is 12.4. The van der Waals surface area contributed by atoms with Gasteiger partial charge in [0.1, 0.15) is 5.01 Å². The van der Waals surface area contributed by atoms with Gasteiger partial charge in [-0.1, -0.05) is 20.8 Å². The molecule has 0 aromatic carbocycles. The van der Waals surface area contributed by atoms with Crippen molar-refractivity contribution in [3.8, 4) is 9.88 Å². The van der Waals surface area contributed by atoms with Crippen LogP contribution < -0.4 is 0 Å². The van der Waals surface area contributed by atoms with Crippen LogP contribution in [0.2, 0.25) is 0 Å². The molecule has 5 heteroatoms. The second-order valence-electron chi connectivity index (χ2n) is 5.56. The van der Waals surface area contributed by atoms with Crippen molar-refractivity contribution < 1.29 is 9.53 Å². The number of thiazole rings is 1. The van der Waals surface area contributed by atoms with Crippen molar-refractivity contribution in [2.24, 2.45) is 0 Å². The zero-order chi connectivity index (χ0) is 14.9. The van der Waals surface area contributed by atoms with Crippen LogP contribution in [0.15, 0.2) is 12.1 Å². The average molecular weight is 309 g/mol. The van der Waals surface area contributed by atoms with Crippen molar-refractivity contribution in [1.29, 1.82) is 0 Å². The van der Waals surface area contributed by atoms with Crippen molar-refractivity contribution in [1.82, 2.24) is 4.98 Å². The molecule has 3 nitrogen and oxygen atoms in total. The summed E-state index contributed by atoms with van der Waals surface area (Å²) in [5.41, 5.74) is 0.580. The summed E-state index contributed by atoms with van der Waals surface area (Å²) in [4.78, 5) is 19.6. The number of hydrogen-bond acceptors (Lipinski definition) is 5. The second kappa shape index (κ2) is 5.66. The first-order valence-corrected chi connectivity index (χ1v) is 8.21. The number of ether oxygens (including phenoxy) is 1. The van der Waals surface area contributed by atoms with Crippen LogP contribution >= 0.6 is 22.7 Å². The quantitative estimate of drug-likeness (QED) is 0.774. The van der Waals surface area contributed by atoms with Crippen LogP contribution in [0.5, 0.6) is 0 Å². The summed E-state index contributed by atoms with van der Waals surface area (Å²) in [6.07, 6.45) is 0. The van der Waals surface area contributed by atoms with E-state index >= 15 is 0 Å². The molecule has 2 aromatic rings. The predicted octanol–water partition coefficient (Wildman–Crippen LogP) is 4.65. The molecule has 0 aliphatic heterocycles. The number of aromatic nitrogens is 1. The van der Waals surface area contributed by atoms with Crippen LogP contribution in [0.3, 0.4) is 0 Å². The molecular formula is C15H19NO2S2. The first-order valence-electron chi connectivity index (χ1n) is 6.58. The highest BCUT2D eigenvalue weighted by Crippen LogP contribution is 2.37. The molecule has 0 bridgehead atoms. The topological polar surface area (TPSA) is 39.2 Å². The fraction of sp³-hybridized carbons (Fsp3) is 0.467. The SMILES string of the molecule is CCOC(=O)c1nc(-c2ccc(C(C)(C)C)s2)sc1C. The lowest BCUT2D eigenvalue weighted by molar-refractivity contribution is 0.0519. The van der Waals surface area contributed by atoms with E-state index in [9.17, 15) is 4.79 Å². The number of hydrogen-bond donors (Lipinski definition) is 0. The Bertz CT molecular complexity index is 620. The maximum atomic E-state index is 11.8. The van der Waals surface area contributed by atoms with E-state index in [-0.39, 0.29) is 11.4 Å². The molecule has 0 radical (unpaired) electrons. The fourth-order valence-electron chi connectivity index (χ4n) is 1.75. The van der Waals surface area contributed by atoms with Gasteiger partial charge < -0.3 is 4.74 Å². The van der Waals surface area contributed by atoms with Crippen LogP contribution in [-0.4, -0.2) is 17.6 Å². The summed E-state index contributed by atoms with van der Waals surface area (Å²) in [6, 6.07) is 4.22. The molecule has 20 heavy (non-hydrogen) atoms. The highest BCUT2D eigenvalue weighted by Gasteiger charge is 2.20. The average Bonchev–Trinajstić information content (AvgIpc) is 2.94. The van der Waals surface area contributed by atoms with E-state index < -0.39 is 0 Å². The lowest BCUT2D eigenvalue weighted by Crippen LogP contribution is -2.07. The molecular weight excluding hydrogens is 290 g/mol. The molecule has 0 fully saturated rings. The van der Waals surface area contributed by atoms with Gasteiger partial charge in [-0.25, -0.2) is 9.78 Å². The molecule has 0 saturated heterocycles. The zero-order valence-corrected chi connectivity index (χ0v) is 14.1. The van der Waals surface area contributed by atoms with Crippen molar-refractivity contribution >= 4 is 28.6 Å². The van der Waals surface area contributed by atoms with Gasteiger partial charge in [0.05, 0.1) is 11.5 Å². The first kappa shape index (κ1) is 15.2. The smallest absolute Gasteiger partial charge is 0.358 e. The largest absolute Gasteiger partial charge is 0.461 e. The molecule has 0 aliphatic carbocycles. The van der Waals surface area contributed by atoms with E-state index in [2.05, 4.69) is 37.9 Å². The highest BCUT2D eigenvalue weighted by molar-refractivity contribution is 7.22. The summed E-state index contributed by atoms with van der Waals surface area (Å²) in [7, 11) is 0. The molecule has 0 amide bonds. The van der Waals surface area contributed by atoms with Crippen molar-refractivity contribution in [3.63, 3.8) is 0 Å². The number of rotatable bonds is 3. The van der Waals surface area contributed by atoms with E-state index in [1.807, 2.05) is 6.92 Å². The molecule has 0 aliphatic rings. The third kappa shape index (κ3) is 3.10. The van der Waals surface area contributed by atoms with E-state index in [1.54, 1.807) is 29.6 Å². The van der Waals surface area contributed by atoms with Crippen LogP contribution in [0.1, 0.15) is 47.9 Å². The number of thiophene rings is 1. The monoisotopic (exact) mass is 309 g/mol. The molecule has 0 saturated carbocycles. The molecule has 2 aromatic heterocycles. The lowest BCUT2D eigenvalue weighted by atomic mass is 9.95. The van der Waals surface area contributed by atoms with E-state index in [4.69, 9.17) is 4.74 Å². The first-order chi connectivity index (χ1) is 9.32. The van der Waals surface area contributed by atoms with Crippen LogP contribution in [0, 0.1) is 6.92 Å². The molecule has 0 N–H and O–H groups in total. The van der Waals surface area contributed by atoms with Gasteiger partial charge in [-0.2, -0.15) is 0 Å². The molecule has 2 rings (SSSR count). The Labute approximate surface area is 127 Å². The van der Waals surface area contributed by atoms with Gasteiger partial charge in [0.15, 0.2) is 5.69 Å². The Hall–Kier alpha value is -1.20. The molecule has 0 unspecified atom stereocenters. The Morgan fingerprint density at radius 1 is 1.30 bits per heavy atom. The van der Waals surface area contributed by atoms with Crippen molar-refractivity contribution in [2.45, 2.75) is 40.0 Å². The highest BCUT2D eigenvalue weighted by atomic mass is 32.1. The summed E-state index contributed by atoms with van der Waals surface area (Å²) in [5.74, 6) is -0.333. The molecule has 2 heterocycles. The van der Waals surface area contributed by atoms with Crippen molar-refractivity contribution in [2.75, 3.05) is 6.61 Å². The van der Waals surface area contributed by atoms with Crippen molar-refractivity contribution in [3.05, 3.63) is 27.6 Å². The molecule has 0 spiro atoms. The fourth-order valence-corrected chi connectivity index (χ4v) is 3.77. The van der Waals surface area contributed by atoms with E-state index in [0.29, 0.717) is 12.3 Å². The summed E-state index contributed by atoms with van der Waals surface area (Å²) < 4.78 is 5.03. The summed E-state index contributed by atoms with van der Waals surface area (Å²) in [6.45, 7) is 10.7.